The predicted molar refractivity (Wildman–Crippen MR) is 95.5 cm³/mol. The van der Waals surface area contributed by atoms with E-state index in [1.54, 1.807) is 23.0 Å². The van der Waals surface area contributed by atoms with Crippen LogP contribution in [0.5, 0.6) is 5.88 Å². The number of nitriles is 1. The molecule has 0 amide bonds. The van der Waals surface area contributed by atoms with Crippen LogP contribution in [0.15, 0.2) is 41.3 Å². The first kappa shape index (κ1) is 15.8. The molecule has 3 aromatic rings. The summed E-state index contributed by atoms with van der Waals surface area (Å²) in [7, 11) is 0. The Bertz CT molecular complexity index is 942. The Labute approximate surface area is 153 Å². The van der Waals surface area contributed by atoms with E-state index in [1.165, 1.54) is 0 Å². The molecule has 7 nitrogen and oxygen atoms in total. The maximum atomic E-state index is 9.31. The van der Waals surface area contributed by atoms with Crippen LogP contribution in [0.3, 0.4) is 0 Å². The van der Waals surface area contributed by atoms with Gasteiger partial charge in [0.15, 0.2) is 5.65 Å². The van der Waals surface area contributed by atoms with Crippen LogP contribution in [0.4, 0.5) is 5.82 Å². The fourth-order valence-electron chi connectivity index (χ4n) is 2.98. The molecule has 0 aliphatic carbocycles. The second kappa shape index (κ2) is 6.69. The summed E-state index contributed by atoms with van der Waals surface area (Å²) in [5.41, 5.74) is 1.36. The van der Waals surface area contributed by atoms with Gasteiger partial charge in [-0.15, -0.1) is 0 Å². The molecule has 126 valence electrons. The Hall–Kier alpha value is -2.66. The van der Waals surface area contributed by atoms with Crippen LogP contribution in [-0.4, -0.2) is 38.8 Å². The van der Waals surface area contributed by atoms with Crippen molar-refractivity contribution in [1.29, 1.82) is 5.26 Å². The molecule has 3 aromatic heterocycles. The van der Waals surface area contributed by atoms with Gasteiger partial charge in [-0.05, 0) is 22.0 Å². The van der Waals surface area contributed by atoms with E-state index in [-0.39, 0.29) is 6.10 Å². The van der Waals surface area contributed by atoms with Crippen LogP contribution in [0.1, 0.15) is 18.4 Å². The molecule has 1 aliphatic heterocycles. The fourth-order valence-corrected chi connectivity index (χ4v) is 3.31. The monoisotopic (exact) mass is 398 g/mol. The summed E-state index contributed by atoms with van der Waals surface area (Å²) >= 11 is 3.36. The molecule has 0 saturated carbocycles. The summed E-state index contributed by atoms with van der Waals surface area (Å²) < 4.78 is 8.54. The molecule has 4 rings (SSSR count). The molecule has 4 heterocycles. The van der Waals surface area contributed by atoms with Crippen molar-refractivity contribution in [3.8, 4) is 11.9 Å². The van der Waals surface area contributed by atoms with E-state index >= 15 is 0 Å². The lowest BCUT2D eigenvalue weighted by atomic mass is 10.1. The number of anilines is 1. The zero-order chi connectivity index (χ0) is 17.2. The summed E-state index contributed by atoms with van der Waals surface area (Å²) in [5, 5.41) is 13.4. The van der Waals surface area contributed by atoms with Crippen molar-refractivity contribution in [3.05, 3.63) is 46.8 Å². The number of ether oxygens (including phenoxy) is 1. The molecule has 0 spiro atoms. The molecule has 8 heteroatoms. The molecule has 0 radical (unpaired) electrons. The average molecular weight is 399 g/mol. The molecular formula is C17H15BrN6O. The van der Waals surface area contributed by atoms with Crippen molar-refractivity contribution < 1.29 is 4.74 Å². The maximum Gasteiger partial charge on any atom is 0.217 e. The highest BCUT2D eigenvalue weighted by atomic mass is 79.9. The van der Waals surface area contributed by atoms with E-state index < -0.39 is 0 Å². The van der Waals surface area contributed by atoms with Gasteiger partial charge in [-0.3, -0.25) is 0 Å². The van der Waals surface area contributed by atoms with E-state index in [9.17, 15) is 5.26 Å². The van der Waals surface area contributed by atoms with Crippen LogP contribution in [0.25, 0.3) is 5.65 Å². The highest BCUT2D eigenvalue weighted by Gasteiger charge is 2.23. The molecule has 1 saturated heterocycles. The Kier molecular flexibility index (Phi) is 4.24. The third-order valence-electron chi connectivity index (χ3n) is 4.22. The number of aromatic nitrogens is 4. The molecule has 25 heavy (non-hydrogen) atoms. The molecular weight excluding hydrogens is 384 g/mol. The third-order valence-corrected chi connectivity index (χ3v) is 4.65. The third kappa shape index (κ3) is 3.28. The average Bonchev–Trinajstić information content (AvgIpc) is 3.10. The first-order valence-corrected chi connectivity index (χ1v) is 8.80. The van der Waals surface area contributed by atoms with Crippen LogP contribution < -0.4 is 9.64 Å². The summed E-state index contributed by atoms with van der Waals surface area (Å²) in [5.74, 6) is 1.36. The summed E-state index contributed by atoms with van der Waals surface area (Å²) in [6, 6.07) is 7.69. The lowest BCUT2D eigenvalue weighted by Crippen LogP contribution is -2.39. The zero-order valence-corrected chi connectivity index (χ0v) is 14.9. The van der Waals surface area contributed by atoms with Gasteiger partial charge in [0.1, 0.15) is 18.0 Å². The van der Waals surface area contributed by atoms with Gasteiger partial charge < -0.3 is 9.64 Å². The molecule has 0 N–H and O–H groups in total. The SMILES string of the molecule is N#Cc1cc(Br)cnc1N1CCC(Oc2ccn3nccc3n2)CC1. The highest BCUT2D eigenvalue weighted by Crippen LogP contribution is 2.25. The first-order valence-electron chi connectivity index (χ1n) is 8.00. The lowest BCUT2D eigenvalue weighted by Gasteiger charge is -2.33. The molecule has 1 fully saturated rings. The van der Waals surface area contributed by atoms with Gasteiger partial charge in [0, 0.05) is 54.9 Å². The number of nitrogens with zero attached hydrogens (tertiary/aromatic N) is 6. The largest absolute Gasteiger partial charge is 0.474 e. The topological polar surface area (TPSA) is 79.3 Å². The van der Waals surface area contributed by atoms with E-state index in [2.05, 4.69) is 42.0 Å². The Morgan fingerprint density at radius 1 is 1.28 bits per heavy atom. The number of piperidine rings is 1. The van der Waals surface area contributed by atoms with Crippen molar-refractivity contribution >= 4 is 27.4 Å². The number of halogens is 1. The fraction of sp³-hybridized carbons (Fsp3) is 0.294. The van der Waals surface area contributed by atoms with Crippen molar-refractivity contribution in [3.63, 3.8) is 0 Å². The van der Waals surface area contributed by atoms with Gasteiger partial charge in [0.25, 0.3) is 0 Å². The Balaban J connectivity index is 1.42. The van der Waals surface area contributed by atoms with Crippen molar-refractivity contribution in [1.82, 2.24) is 19.6 Å². The normalized spacial score (nSPS) is 15.3. The van der Waals surface area contributed by atoms with Crippen LogP contribution in [-0.2, 0) is 0 Å². The van der Waals surface area contributed by atoms with Crippen LogP contribution in [0, 0.1) is 11.3 Å². The van der Waals surface area contributed by atoms with Gasteiger partial charge in [0.2, 0.25) is 5.88 Å². The van der Waals surface area contributed by atoms with Crippen molar-refractivity contribution in [2.45, 2.75) is 18.9 Å². The second-order valence-corrected chi connectivity index (χ2v) is 6.76. The predicted octanol–water partition coefficient (Wildman–Crippen LogP) is 2.81. The lowest BCUT2D eigenvalue weighted by molar-refractivity contribution is 0.164. The van der Waals surface area contributed by atoms with Crippen LogP contribution >= 0.6 is 15.9 Å². The molecule has 0 bridgehead atoms. The zero-order valence-electron chi connectivity index (χ0n) is 13.3. The van der Waals surface area contributed by atoms with Gasteiger partial charge in [-0.2, -0.15) is 15.3 Å². The van der Waals surface area contributed by atoms with Crippen LogP contribution in [0.2, 0.25) is 0 Å². The van der Waals surface area contributed by atoms with E-state index in [4.69, 9.17) is 4.74 Å². The van der Waals surface area contributed by atoms with Gasteiger partial charge >= 0.3 is 0 Å². The first-order chi connectivity index (χ1) is 12.2. The summed E-state index contributed by atoms with van der Waals surface area (Å²) in [6.07, 6.45) is 7.10. The van der Waals surface area contributed by atoms with Crippen molar-refractivity contribution in [2.24, 2.45) is 0 Å². The smallest absolute Gasteiger partial charge is 0.217 e. The molecule has 0 atom stereocenters. The van der Waals surface area contributed by atoms with E-state index in [1.807, 2.05) is 18.3 Å². The minimum atomic E-state index is 0.107. The number of hydrogen-bond donors (Lipinski definition) is 0. The van der Waals surface area contributed by atoms with Crippen molar-refractivity contribution in [2.75, 3.05) is 18.0 Å². The Morgan fingerprint density at radius 2 is 2.12 bits per heavy atom. The van der Waals surface area contributed by atoms with Gasteiger partial charge in [-0.1, -0.05) is 0 Å². The minimum absolute atomic E-state index is 0.107. The molecule has 1 aliphatic rings. The quantitative estimate of drug-likeness (QED) is 0.674. The highest BCUT2D eigenvalue weighted by molar-refractivity contribution is 9.10. The Morgan fingerprint density at radius 3 is 2.92 bits per heavy atom. The standard InChI is InChI=1S/C17H15BrN6O/c18-13-9-12(10-19)17(20-11-13)23-6-2-14(3-7-23)25-16-4-8-24-15(22-16)1-5-21-24/h1,4-5,8-9,11,14H,2-3,6-7H2. The number of rotatable bonds is 3. The number of pyridine rings is 1. The van der Waals surface area contributed by atoms with Gasteiger partial charge in [0.05, 0.1) is 11.8 Å². The maximum absolute atomic E-state index is 9.31. The second-order valence-electron chi connectivity index (χ2n) is 5.84. The summed E-state index contributed by atoms with van der Waals surface area (Å²) in [6.45, 7) is 1.59. The number of fused-ring (bicyclic) bond motifs is 1. The van der Waals surface area contributed by atoms with E-state index in [0.29, 0.717) is 11.4 Å². The van der Waals surface area contributed by atoms with E-state index in [0.717, 1.165) is 41.9 Å². The van der Waals surface area contributed by atoms with Gasteiger partial charge in [-0.25, -0.2) is 9.50 Å². The minimum Gasteiger partial charge on any atom is -0.474 e. The summed E-state index contributed by atoms with van der Waals surface area (Å²) in [4.78, 5) is 11.0. The molecule has 0 aromatic carbocycles. The number of hydrogen-bond acceptors (Lipinski definition) is 6. The molecule has 0 unspecified atom stereocenters.